The van der Waals surface area contributed by atoms with Crippen molar-refractivity contribution in [1.82, 2.24) is 14.7 Å². The molecule has 1 saturated heterocycles. The Kier molecular flexibility index (Phi) is 4.23. The third-order valence-electron chi connectivity index (χ3n) is 3.80. The van der Waals surface area contributed by atoms with Gasteiger partial charge in [-0.2, -0.15) is 10.4 Å². The highest BCUT2D eigenvalue weighted by molar-refractivity contribution is 6.30. The van der Waals surface area contributed by atoms with Crippen molar-refractivity contribution in [2.75, 3.05) is 13.1 Å². The Morgan fingerprint density at radius 2 is 2.33 bits per heavy atom. The number of nitriles is 1. The van der Waals surface area contributed by atoms with Gasteiger partial charge in [0.1, 0.15) is 0 Å². The van der Waals surface area contributed by atoms with Crippen molar-refractivity contribution in [3.63, 3.8) is 0 Å². The predicted molar refractivity (Wildman–Crippen MR) is 82.2 cm³/mol. The van der Waals surface area contributed by atoms with Crippen LogP contribution in [0.1, 0.15) is 18.4 Å². The molecule has 0 bridgehead atoms. The topological polar surface area (TPSA) is 44.9 Å². The minimum Gasteiger partial charge on any atom is -0.298 e. The van der Waals surface area contributed by atoms with Crippen LogP contribution in [-0.2, 0) is 6.54 Å². The highest BCUT2D eigenvalue weighted by Crippen LogP contribution is 2.19. The number of piperidine rings is 1. The van der Waals surface area contributed by atoms with E-state index in [2.05, 4.69) is 16.1 Å². The van der Waals surface area contributed by atoms with Gasteiger partial charge in [-0.15, -0.1) is 0 Å². The van der Waals surface area contributed by atoms with Gasteiger partial charge in [0.15, 0.2) is 0 Å². The van der Waals surface area contributed by atoms with E-state index < -0.39 is 0 Å². The summed E-state index contributed by atoms with van der Waals surface area (Å²) in [6, 6.07) is 10.0. The number of hydrogen-bond donors (Lipinski definition) is 0. The summed E-state index contributed by atoms with van der Waals surface area (Å²) in [5, 5.41) is 14.2. The summed E-state index contributed by atoms with van der Waals surface area (Å²) >= 11 is 6.01. The summed E-state index contributed by atoms with van der Waals surface area (Å²) in [4.78, 5) is 2.33. The molecule has 1 aliphatic heterocycles. The Morgan fingerprint density at radius 1 is 1.43 bits per heavy atom. The van der Waals surface area contributed by atoms with Gasteiger partial charge in [-0.1, -0.05) is 17.7 Å². The molecule has 3 rings (SSSR count). The van der Waals surface area contributed by atoms with Crippen LogP contribution in [0.3, 0.4) is 0 Å². The fourth-order valence-corrected chi connectivity index (χ4v) is 2.95. The number of rotatable bonds is 3. The Bertz CT molecular complexity index is 658. The van der Waals surface area contributed by atoms with Crippen molar-refractivity contribution in [3.8, 4) is 11.8 Å². The number of nitrogens with zero attached hydrogens (tertiary/aromatic N) is 4. The zero-order chi connectivity index (χ0) is 14.7. The molecule has 0 spiro atoms. The van der Waals surface area contributed by atoms with Crippen LogP contribution in [0, 0.1) is 17.2 Å². The standard InChI is InChI=1S/C16H17ClN4/c17-15-4-1-5-16(7-15)21-12-14(9-19-21)11-20-6-2-3-13(8-18)10-20/h1,4-5,7,9,12-13H,2-3,6,10-11H2/t13-/m1/s1. The van der Waals surface area contributed by atoms with Crippen LogP contribution in [0.15, 0.2) is 36.7 Å². The van der Waals surface area contributed by atoms with Crippen molar-refractivity contribution >= 4 is 11.6 Å². The Morgan fingerprint density at radius 3 is 3.14 bits per heavy atom. The third kappa shape index (κ3) is 3.44. The van der Waals surface area contributed by atoms with E-state index in [0.29, 0.717) is 5.02 Å². The molecule has 0 radical (unpaired) electrons. The van der Waals surface area contributed by atoms with Gasteiger partial charge in [0.25, 0.3) is 0 Å². The van der Waals surface area contributed by atoms with Crippen LogP contribution in [0.2, 0.25) is 5.02 Å². The molecule has 1 aromatic carbocycles. The van der Waals surface area contributed by atoms with Gasteiger partial charge in [0, 0.05) is 29.9 Å². The van der Waals surface area contributed by atoms with E-state index in [-0.39, 0.29) is 5.92 Å². The first-order valence-electron chi connectivity index (χ1n) is 7.16. The molecule has 4 nitrogen and oxygen atoms in total. The second-order valence-electron chi connectivity index (χ2n) is 5.48. The summed E-state index contributed by atoms with van der Waals surface area (Å²) in [6.07, 6.45) is 6.04. The lowest BCUT2D eigenvalue weighted by atomic mass is 9.99. The van der Waals surface area contributed by atoms with Crippen molar-refractivity contribution in [3.05, 3.63) is 47.2 Å². The molecule has 108 valence electrons. The minimum atomic E-state index is 0.168. The van der Waals surface area contributed by atoms with Crippen LogP contribution < -0.4 is 0 Å². The maximum atomic E-state index is 9.05. The summed E-state index contributed by atoms with van der Waals surface area (Å²) in [7, 11) is 0. The SMILES string of the molecule is N#C[C@H]1CCCN(Cc2cnn(-c3cccc(Cl)c3)c2)C1. The van der Waals surface area contributed by atoms with Crippen molar-refractivity contribution in [2.45, 2.75) is 19.4 Å². The van der Waals surface area contributed by atoms with Crippen LogP contribution in [0.25, 0.3) is 5.69 Å². The number of benzene rings is 1. The number of hydrogen-bond acceptors (Lipinski definition) is 3. The normalized spacial score (nSPS) is 19.3. The highest BCUT2D eigenvalue weighted by Gasteiger charge is 2.19. The van der Waals surface area contributed by atoms with E-state index in [9.17, 15) is 0 Å². The number of halogens is 1. The van der Waals surface area contributed by atoms with Crippen LogP contribution >= 0.6 is 11.6 Å². The van der Waals surface area contributed by atoms with E-state index in [1.807, 2.05) is 41.3 Å². The van der Waals surface area contributed by atoms with Gasteiger partial charge in [0.05, 0.1) is 23.9 Å². The molecule has 2 aromatic rings. The molecule has 1 aliphatic rings. The zero-order valence-corrected chi connectivity index (χ0v) is 12.5. The Labute approximate surface area is 129 Å². The van der Waals surface area contributed by atoms with Crippen LogP contribution in [0.4, 0.5) is 0 Å². The predicted octanol–water partition coefficient (Wildman–Crippen LogP) is 3.26. The van der Waals surface area contributed by atoms with Crippen molar-refractivity contribution in [2.24, 2.45) is 5.92 Å². The smallest absolute Gasteiger partial charge is 0.0669 e. The average Bonchev–Trinajstić information content (AvgIpc) is 2.96. The van der Waals surface area contributed by atoms with Crippen molar-refractivity contribution in [1.29, 1.82) is 5.26 Å². The second kappa shape index (κ2) is 6.30. The van der Waals surface area contributed by atoms with Gasteiger partial charge in [-0.05, 0) is 37.6 Å². The van der Waals surface area contributed by atoms with E-state index >= 15 is 0 Å². The highest BCUT2D eigenvalue weighted by atomic mass is 35.5. The van der Waals surface area contributed by atoms with Gasteiger partial charge >= 0.3 is 0 Å². The molecule has 2 heterocycles. The summed E-state index contributed by atoms with van der Waals surface area (Å²) in [5.41, 5.74) is 2.12. The lowest BCUT2D eigenvalue weighted by Gasteiger charge is -2.28. The first-order valence-corrected chi connectivity index (χ1v) is 7.54. The first kappa shape index (κ1) is 14.1. The largest absolute Gasteiger partial charge is 0.298 e. The minimum absolute atomic E-state index is 0.168. The van der Waals surface area contributed by atoms with Gasteiger partial charge in [-0.25, -0.2) is 4.68 Å². The number of aromatic nitrogens is 2. The maximum absolute atomic E-state index is 9.05. The molecule has 0 amide bonds. The lowest BCUT2D eigenvalue weighted by molar-refractivity contribution is 0.192. The molecular formula is C16H17ClN4. The molecule has 21 heavy (non-hydrogen) atoms. The average molecular weight is 301 g/mol. The van der Waals surface area contributed by atoms with Crippen molar-refractivity contribution < 1.29 is 0 Å². The molecule has 0 saturated carbocycles. The molecule has 1 fully saturated rings. The van der Waals surface area contributed by atoms with Gasteiger partial charge < -0.3 is 0 Å². The Hall–Kier alpha value is -1.83. The molecule has 1 atom stereocenters. The van der Waals surface area contributed by atoms with Gasteiger partial charge in [0.2, 0.25) is 0 Å². The summed E-state index contributed by atoms with van der Waals surface area (Å²) < 4.78 is 1.84. The Balaban J connectivity index is 1.69. The molecular weight excluding hydrogens is 284 g/mol. The van der Waals surface area contributed by atoms with E-state index in [4.69, 9.17) is 16.9 Å². The van der Waals surface area contributed by atoms with E-state index in [1.165, 1.54) is 0 Å². The van der Waals surface area contributed by atoms with Crippen LogP contribution in [0.5, 0.6) is 0 Å². The monoisotopic (exact) mass is 300 g/mol. The lowest BCUT2D eigenvalue weighted by Crippen LogP contribution is -2.34. The molecule has 5 heteroatoms. The first-order chi connectivity index (χ1) is 10.2. The molecule has 0 N–H and O–H groups in total. The molecule has 0 unspecified atom stereocenters. The van der Waals surface area contributed by atoms with Crippen LogP contribution in [-0.4, -0.2) is 27.8 Å². The maximum Gasteiger partial charge on any atom is 0.0669 e. The molecule has 0 aliphatic carbocycles. The fourth-order valence-electron chi connectivity index (χ4n) is 2.76. The summed E-state index contributed by atoms with van der Waals surface area (Å²) in [5.74, 6) is 0.168. The quantitative estimate of drug-likeness (QED) is 0.874. The van der Waals surface area contributed by atoms with E-state index in [0.717, 1.165) is 43.7 Å². The number of likely N-dealkylation sites (tertiary alicyclic amines) is 1. The zero-order valence-electron chi connectivity index (χ0n) is 11.7. The second-order valence-corrected chi connectivity index (χ2v) is 5.91. The third-order valence-corrected chi connectivity index (χ3v) is 4.04. The van der Waals surface area contributed by atoms with Gasteiger partial charge in [-0.3, -0.25) is 4.90 Å². The molecule has 1 aromatic heterocycles. The fraction of sp³-hybridized carbons (Fsp3) is 0.375. The van der Waals surface area contributed by atoms with E-state index in [1.54, 1.807) is 0 Å². The summed E-state index contributed by atoms with van der Waals surface area (Å²) in [6.45, 7) is 2.76.